The number of fused-ring (bicyclic) bond motifs is 1. The van der Waals surface area contributed by atoms with Crippen molar-refractivity contribution in [1.82, 2.24) is 19.9 Å². The Morgan fingerprint density at radius 3 is 2.84 bits per heavy atom. The monoisotopic (exact) mass is 429 g/mol. The Morgan fingerprint density at radius 2 is 2.03 bits per heavy atom. The molecule has 0 saturated carbocycles. The number of nitrogens with one attached hydrogen (secondary N) is 1. The third kappa shape index (κ3) is 4.45. The number of aromatic nitrogens is 3. The first-order valence-corrected chi connectivity index (χ1v) is 10.6. The average molecular weight is 429 g/mol. The van der Waals surface area contributed by atoms with Crippen LogP contribution in [0.1, 0.15) is 23.2 Å². The Labute approximate surface area is 185 Å². The minimum absolute atomic E-state index is 0.173. The van der Waals surface area contributed by atoms with Crippen LogP contribution in [0.3, 0.4) is 0 Å². The maximum absolute atomic E-state index is 12.8. The van der Waals surface area contributed by atoms with E-state index in [9.17, 15) is 4.79 Å². The van der Waals surface area contributed by atoms with Crippen LogP contribution in [-0.2, 0) is 0 Å². The molecule has 162 valence electrons. The van der Waals surface area contributed by atoms with E-state index in [0.717, 1.165) is 36.9 Å². The maximum Gasteiger partial charge on any atom is 0.258 e. The van der Waals surface area contributed by atoms with E-state index in [2.05, 4.69) is 32.2 Å². The van der Waals surface area contributed by atoms with Crippen LogP contribution in [0, 0.1) is 0 Å². The maximum atomic E-state index is 12.8. The second-order valence-corrected chi connectivity index (χ2v) is 7.94. The van der Waals surface area contributed by atoms with Crippen LogP contribution >= 0.6 is 0 Å². The van der Waals surface area contributed by atoms with Crippen molar-refractivity contribution in [1.29, 1.82) is 0 Å². The van der Waals surface area contributed by atoms with Gasteiger partial charge >= 0.3 is 0 Å². The topological polar surface area (TPSA) is 93.4 Å². The van der Waals surface area contributed by atoms with Crippen molar-refractivity contribution in [2.75, 3.05) is 25.5 Å². The van der Waals surface area contributed by atoms with Crippen molar-refractivity contribution in [3.8, 4) is 17.1 Å². The van der Waals surface area contributed by atoms with Gasteiger partial charge in [0, 0.05) is 35.8 Å². The lowest BCUT2D eigenvalue weighted by Gasteiger charge is -2.29. The van der Waals surface area contributed by atoms with Gasteiger partial charge in [-0.2, -0.15) is 0 Å². The fourth-order valence-corrected chi connectivity index (χ4v) is 3.77. The fourth-order valence-electron chi connectivity index (χ4n) is 3.77. The minimum atomic E-state index is -0.287. The number of piperidine rings is 1. The molecular weight excluding hydrogens is 406 g/mol. The SMILES string of the molecule is CN1CCC(Oc2cccc(C(=O)Nc3ncc4ccc(-c5cnco5)cc4n3)c2)CC1. The van der Waals surface area contributed by atoms with Crippen LogP contribution in [0.2, 0.25) is 0 Å². The zero-order valence-electron chi connectivity index (χ0n) is 17.7. The van der Waals surface area contributed by atoms with Crippen LogP contribution in [0.25, 0.3) is 22.2 Å². The second kappa shape index (κ2) is 8.76. The Hall–Kier alpha value is -3.78. The van der Waals surface area contributed by atoms with Crippen molar-refractivity contribution in [3.63, 3.8) is 0 Å². The normalized spacial score (nSPS) is 15.0. The molecule has 1 aliphatic heterocycles. The number of nitrogens with zero attached hydrogens (tertiary/aromatic N) is 4. The quantitative estimate of drug-likeness (QED) is 0.512. The summed E-state index contributed by atoms with van der Waals surface area (Å²) in [5.41, 5.74) is 2.04. The highest BCUT2D eigenvalue weighted by atomic mass is 16.5. The summed E-state index contributed by atoms with van der Waals surface area (Å²) in [4.78, 5) is 27.8. The van der Waals surface area contributed by atoms with Crippen LogP contribution < -0.4 is 10.1 Å². The van der Waals surface area contributed by atoms with Crippen LogP contribution in [0.5, 0.6) is 5.75 Å². The summed E-state index contributed by atoms with van der Waals surface area (Å²) in [6.45, 7) is 2.03. The highest BCUT2D eigenvalue weighted by Gasteiger charge is 2.18. The van der Waals surface area contributed by atoms with Gasteiger partial charge in [-0.05, 0) is 44.2 Å². The van der Waals surface area contributed by atoms with Crippen molar-refractivity contribution < 1.29 is 13.9 Å². The van der Waals surface area contributed by atoms with Crippen molar-refractivity contribution in [2.24, 2.45) is 0 Å². The number of carbonyl (C=O) groups excluding carboxylic acids is 1. The minimum Gasteiger partial charge on any atom is -0.490 e. The standard InChI is InChI=1S/C24H23N5O3/c1-29-9-7-19(8-10-29)32-20-4-2-3-17(11-20)23(30)28-24-26-13-18-6-5-16(12-21(18)27-24)22-14-25-15-31-22/h2-6,11-15,19H,7-10H2,1H3,(H,26,27,28,30). The predicted octanol–water partition coefficient (Wildman–Crippen LogP) is 4.01. The number of hydrogen-bond acceptors (Lipinski definition) is 7. The zero-order chi connectivity index (χ0) is 21.9. The number of amides is 1. The van der Waals surface area contributed by atoms with Gasteiger partial charge in [-0.3, -0.25) is 10.1 Å². The van der Waals surface area contributed by atoms with Gasteiger partial charge in [0.05, 0.1) is 11.7 Å². The number of hydrogen-bond donors (Lipinski definition) is 1. The van der Waals surface area contributed by atoms with E-state index in [1.807, 2.05) is 30.3 Å². The number of carbonyl (C=O) groups is 1. The van der Waals surface area contributed by atoms with Gasteiger partial charge in [0.2, 0.25) is 5.95 Å². The molecule has 0 unspecified atom stereocenters. The van der Waals surface area contributed by atoms with E-state index >= 15 is 0 Å². The van der Waals surface area contributed by atoms with Crippen molar-refractivity contribution >= 4 is 22.8 Å². The smallest absolute Gasteiger partial charge is 0.258 e. The molecule has 0 spiro atoms. The summed E-state index contributed by atoms with van der Waals surface area (Å²) in [6, 6.07) is 12.9. The molecule has 1 amide bonds. The van der Waals surface area contributed by atoms with Crippen molar-refractivity contribution in [2.45, 2.75) is 18.9 Å². The first-order valence-electron chi connectivity index (χ1n) is 10.6. The largest absolute Gasteiger partial charge is 0.490 e. The second-order valence-electron chi connectivity index (χ2n) is 7.94. The van der Waals surface area contributed by atoms with E-state index < -0.39 is 0 Å². The predicted molar refractivity (Wildman–Crippen MR) is 121 cm³/mol. The Balaban J connectivity index is 1.31. The lowest BCUT2D eigenvalue weighted by Crippen LogP contribution is -2.35. The fraction of sp³-hybridized carbons (Fsp3) is 0.250. The van der Waals surface area contributed by atoms with Gasteiger partial charge in [-0.15, -0.1) is 0 Å². The number of benzene rings is 2. The Morgan fingerprint density at radius 1 is 1.16 bits per heavy atom. The van der Waals surface area contributed by atoms with Gasteiger partial charge in [-0.25, -0.2) is 15.0 Å². The lowest BCUT2D eigenvalue weighted by molar-refractivity contribution is 0.102. The van der Waals surface area contributed by atoms with E-state index in [1.54, 1.807) is 24.5 Å². The summed E-state index contributed by atoms with van der Waals surface area (Å²) in [7, 11) is 2.12. The molecule has 8 nitrogen and oxygen atoms in total. The molecule has 0 bridgehead atoms. The number of anilines is 1. The van der Waals surface area contributed by atoms with Crippen LogP contribution in [0.15, 0.2) is 65.7 Å². The number of rotatable bonds is 5. The molecule has 2 aromatic heterocycles. The van der Waals surface area contributed by atoms with Crippen LogP contribution in [0.4, 0.5) is 5.95 Å². The zero-order valence-corrected chi connectivity index (χ0v) is 17.7. The average Bonchev–Trinajstić information content (AvgIpc) is 3.35. The summed E-state index contributed by atoms with van der Waals surface area (Å²) < 4.78 is 11.5. The third-order valence-electron chi connectivity index (χ3n) is 5.59. The third-order valence-corrected chi connectivity index (χ3v) is 5.59. The molecule has 8 heteroatoms. The number of oxazole rings is 1. The van der Waals surface area contributed by atoms with E-state index in [4.69, 9.17) is 9.15 Å². The summed E-state index contributed by atoms with van der Waals surface area (Å²) in [5.74, 6) is 1.30. The Kier molecular flexibility index (Phi) is 5.51. The first kappa shape index (κ1) is 20.1. The summed E-state index contributed by atoms with van der Waals surface area (Å²) in [6.07, 6.45) is 6.84. The molecule has 0 atom stereocenters. The van der Waals surface area contributed by atoms with Gasteiger partial charge in [0.15, 0.2) is 12.2 Å². The highest BCUT2D eigenvalue weighted by molar-refractivity contribution is 6.03. The summed E-state index contributed by atoms with van der Waals surface area (Å²) in [5, 5.41) is 3.64. The molecule has 3 heterocycles. The highest BCUT2D eigenvalue weighted by Crippen LogP contribution is 2.24. The molecule has 5 rings (SSSR count). The molecule has 1 fully saturated rings. The number of likely N-dealkylation sites (tertiary alicyclic amines) is 1. The molecule has 32 heavy (non-hydrogen) atoms. The Bertz CT molecular complexity index is 1230. The molecule has 0 radical (unpaired) electrons. The molecule has 1 saturated heterocycles. The summed E-state index contributed by atoms with van der Waals surface area (Å²) >= 11 is 0. The molecule has 0 aliphatic carbocycles. The van der Waals surface area contributed by atoms with E-state index in [1.165, 1.54) is 6.39 Å². The van der Waals surface area contributed by atoms with Crippen molar-refractivity contribution in [3.05, 3.63) is 66.8 Å². The van der Waals surface area contributed by atoms with Crippen LogP contribution in [-0.4, -0.2) is 52.0 Å². The first-order chi connectivity index (χ1) is 15.6. The van der Waals surface area contributed by atoms with Gasteiger partial charge in [-0.1, -0.05) is 18.2 Å². The molecule has 1 aliphatic rings. The molecule has 2 aromatic carbocycles. The van der Waals surface area contributed by atoms with E-state index in [0.29, 0.717) is 22.6 Å². The van der Waals surface area contributed by atoms with Gasteiger partial charge in [0.1, 0.15) is 11.9 Å². The van der Waals surface area contributed by atoms with Gasteiger partial charge in [0.25, 0.3) is 5.91 Å². The van der Waals surface area contributed by atoms with Gasteiger partial charge < -0.3 is 14.1 Å². The number of ether oxygens (including phenoxy) is 1. The molecule has 1 N–H and O–H groups in total. The van der Waals surface area contributed by atoms with E-state index in [-0.39, 0.29) is 18.0 Å². The molecule has 4 aromatic rings. The molecular formula is C24H23N5O3. The lowest BCUT2D eigenvalue weighted by atomic mass is 10.1.